The first-order valence-corrected chi connectivity index (χ1v) is 12.4. The fourth-order valence-corrected chi connectivity index (χ4v) is 4.77. The number of thioether (sulfide) groups is 1. The van der Waals surface area contributed by atoms with Crippen LogP contribution < -0.4 is 10.2 Å². The van der Waals surface area contributed by atoms with Gasteiger partial charge in [-0.15, -0.1) is 10.2 Å². The molecule has 3 heterocycles. The van der Waals surface area contributed by atoms with E-state index in [1.54, 1.807) is 0 Å². The van der Waals surface area contributed by atoms with E-state index in [1.807, 2.05) is 83.6 Å². The molecule has 1 saturated heterocycles. The van der Waals surface area contributed by atoms with Crippen LogP contribution >= 0.6 is 11.8 Å². The van der Waals surface area contributed by atoms with Gasteiger partial charge in [0, 0.05) is 37.1 Å². The standard InChI is InChI=1S/C26H26N6OS/c33-24(28-18-20-13-14-23(27-17-20)31-15-7-8-16-31)19-34-26-30-29-25(21-9-3-1-4-10-21)32(26)22-11-5-2-6-12-22/h1-6,9-14,17H,7-8,15-16,18-19H2,(H,28,33). The van der Waals surface area contributed by atoms with Crippen molar-refractivity contribution in [1.82, 2.24) is 25.1 Å². The van der Waals surface area contributed by atoms with Crippen molar-refractivity contribution in [2.24, 2.45) is 0 Å². The molecular formula is C26H26N6OS. The first kappa shape index (κ1) is 22.2. The summed E-state index contributed by atoms with van der Waals surface area (Å²) in [7, 11) is 0. The molecule has 0 radical (unpaired) electrons. The van der Waals surface area contributed by atoms with E-state index in [0.717, 1.165) is 41.5 Å². The normalized spacial score (nSPS) is 13.2. The number of hydrogen-bond donors (Lipinski definition) is 1. The lowest BCUT2D eigenvalue weighted by atomic mass is 10.2. The molecule has 0 spiro atoms. The van der Waals surface area contributed by atoms with Crippen LogP contribution in [0.2, 0.25) is 0 Å². The van der Waals surface area contributed by atoms with Crippen molar-refractivity contribution in [3.05, 3.63) is 84.6 Å². The molecular weight excluding hydrogens is 444 g/mol. The van der Waals surface area contributed by atoms with Crippen LogP contribution in [-0.4, -0.2) is 44.5 Å². The number of carbonyl (C=O) groups excluding carboxylic acids is 1. The summed E-state index contributed by atoms with van der Waals surface area (Å²) in [6.45, 7) is 2.59. The highest BCUT2D eigenvalue weighted by Gasteiger charge is 2.17. The van der Waals surface area contributed by atoms with Gasteiger partial charge in [0.2, 0.25) is 5.91 Å². The zero-order valence-corrected chi connectivity index (χ0v) is 19.6. The van der Waals surface area contributed by atoms with Crippen molar-refractivity contribution in [2.75, 3.05) is 23.7 Å². The van der Waals surface area contributed by atoms with Gasteiger partial charge in [-0.1, -0.05) is 66.4 Å². The Kier molecular flexibility index (Phi) is 6.86. The molecule has 0 bridgehead atoms. The number of benzene rings is 2. The predicted molar refractivity (Wildman–Crippen MR) is 135 cm³/mol. The first-order valence-electron chi connectivity index (χ1n) is 11.4. The number of nitrogens with one attached hydrogen (secondary N) is 1. The molecule has 1 aliphatic heterocycles. The summed E-state index contributed by atoms with van der Waals surface area (Å²) < 4.78 is 1.99. The predicted octanol–water partition coefficient (Wildman–Crippen LogP) is 4.34. The Hall–Kier alpha value is -3.65. The van der Waals surface area contributed by atoms with Gasteiger partial charge in [0.05, 0.1) is 5.75 Å². The maximum atomic E-state index is 12.6. The Labute approximate surface area is 203 Å². The second-order valence-electron chi connectivity index (χ2n) is 8.13. The zero-order chi connectivity index (χ0) is 23.2. The van der Waals surface area contributed by atoms with Gasteiger partial charge in [0.15, 0.2) is 11.0 Å². The number of para-hydroxylation sites is 1. The van der Waals surface area contributed by atoms with Crippen LogP contribution in [0, 0.1) is 0 Å². The molecule has 8 heteroatoms. The molecule has 5 rings (SSSR count). The molecule has 0 saturated carbocycles. The summed E-state index contributed by atoms with van der Waals surface area (Å²) in [6, 6.07) is 24.0. The van der Waals surface area contributed by atoms with Crippen molar-refractivity contribution >= 4 is 23.5 Å². The number of anilines is 1. The summed E-state index contributed by atoms with van der Waals surface area (Å²) >= 11 is 1.37. The van der Waals surface area contributed by atoms with Gasteiger partial charge in [0.25, 0.3) is 0 Å². The van der Waals surface area contributed by atoms with E-state index in [1.165, 1.54) is 24.6 Å². The lowest BCUT2D eigenvalue weighted by Gasteiger charge is -2.16. The van der Waals surface area contributed by atoms with Crippen molar-refractivity contribution in [1.29, 1.82) is 0 Å². The molecule has 0 unspecified atom stereocenters. The quantitative estimate of drug-likeness (QED) is 0.386. The van der Waals surface area contributed by atoms with E-state index in [4.69, 9.17) is 0 Å². The molecule has 2 aromatic heterocycles. The van der Waals surface area contributed by atoms with Crippen LogP contribution in [0.1, 0.15) is 18.4 Å². The number of rotatable bonds is 8. The number of pyridine rings is 1. The molecule has 7 nitrogen and oxygen atoms in total. The average molecular weight is 471 g/mol. The third-order valence-corrected chi connectivity index (χ3v) is 6.67. The lowest BCUT2D eigenvalue weighted by molar-refractivity contribution is -0.118. The van der Waals surface area contributed by atoms with Crippen LogP contribution in [0.3, 0.4) is 0 Å². The second-order valence-corrected chi connectivity index (χ2v) is 9.07. The number of aromatic nitrogens is 4. The zero-order valence-electron chi connectivity index (χ0n) is 18.8. The molecule has 4 aromatic rings. The average Bonchev–Trinajstić information content (AvgIpc) is 3.58. The minimum Gasteiger partial charge on any atom is -0.357 e. The maximum Gasteiger partial charge on any atom is 0.230 e. The highest BCUT2D eigenvalue weighted by atomic mass is 32.2. The van der Waals surface area contributed by atoms with E-state index in [0.29, 0.717) is 11.7 Å². The second kappa shape index (κ2) is 10.5. The minimum atomic E-state index is -0.0579. The Morgan fingerprint density at radius 2 is 1.65 bits per heavy atom. The third kappa shape index (κ3) is 5.12. The van der Waals surface area contributed by atoms with Crippen LogP contribution in [0.4, 0.5) is 5.82 Å². The van der Waals surface area contributed by atoms with Crippen LogP contribution in [0.25, 0.3) is 17.1 Å². The van der Waals surface area contributed by atoms with E-state index in [2.05, 4.69) is 25.4 Å². The Bertz CT molecular complexity index is 1220. The Balaban J connectivity index is 1.23. The highest BCUT2D eigenvalue weighted by molar-refractivity contribution is 7.99. The number of nitrogens with zero attached hydrogens (tertiary/aromatic N) is 5. The molecule has 1 amide bonds. The van der Waals surface area contributed by atoms with Crippen LogP contribution in [-0.2, 0) is 11.3 Å². The molecule has 1 aliphatic rings. The smallest absolute Gasteiger partial charge is 0.230 e. The van der Waals surface area contributed by atoms with Gasteiger partial charge >= 0.3 is 0 Å². The summed E-state index contributed by atoms with van der Waals surface area (Å²) in [4.78, 5) is 19.4. The van der Waals surface area contributed by atoms with Crippen LogP contribution in [0.5, 0.6) is 0 Å². The Morgan fingerprint density at radius 1 is 0.912 bits per heavy atom. The van der Waals surface area contributed by atoms with E-state index < -0.39 is 0 Å². The van der Waals surface area contributed by atoms with Crippen molar-refractivity contribution in [2.45, 2.75) is 24.5 Å². The molecule has 2 aromatic carbocycles. The maximum absolute atomic E-state index is 12.6. The monoisotopic (exact) mass is 470 g/mol. The fraction of sp³-hybridized carbons (Fsp3) is 0.231. The molecule has 1 N–H and O–H groups in total. The highest BCUT2D eigenvalue weighted by Crippen LogP contribution is 2.27. The number of carbonyl (C=O) groups is 1. The SMILES string of the molecule is O=C(CSc1nnc(-c2ccccc2)n1-c1ccccc1)NCc1ccc(N2CCCC2)nc1. The molecule has 34 heavy (non-hydrogen) atoms. The van der Waals surface area contributed by atoms with Gasteiger partial charge in [0.1, 0.15) is 5.82 Å². The molecule has 0 aliphatic carbocycles. The van der Waals surface area contributed by atoms with Gasteiger partial charge < -0.3 is 10.2 Å². The third-order valence-electron chi connectivity index (χ3n) is 5.74. The van der Waals surface area contributed by atoms with E-state index in [-0.39, 0.29) is 11.7 Å². The Morgan fingerprint density at radius 3 is 2.35 bits per heavy atom. The summed E-state index contributed by atoms with van der Waals surface area (Å²) in [5.74, 6) is 1.95. The molecule has 172 valence electrons. The van der Waals surface area contributed by atoms with Gasteiger partial charge in [-0.3, -0.25) is 9.36 Å². The van der Waals surface area contributed by atoms with Crippen molar-refractivity contribution in [3.8, 4) is 17.1 Å². The largest absolute Gasteiger partial charge is 0.357 e. The summed E-state index contributed by atoms with van der Waals surface area (Å²) in [5, 5.41) is 12.5. The van der Waals surface area contributed by atoms with Crippen molar-refractivity contribution < 1.29 is 4.79 Å². The van der Waals surface area contributed by atoms with E-state index in [9.17, 15) is 4.79 Å². The van der Waals surface area contributed by atoms with Crippen LogP contribution in [0.15, 0.2) is 84.1 Å². The first-order chi connectivity index (χ1) is 16.8. The summed E-state index contributed by atoms with van der Waals surface area (Å²) in [5.41, 5.74) is 2.92. The van der Waals surface area contributed by atoms with Gasteiger partial charge in [-0.05, 0) is 36.6 Å². The van der Waals surface area contributed by atoms with Crippen molar-refractivity contribution in [3.63, 3.8) is 0 Å². The minimum absolute atomic E-state index is 0.0579. The molecule has 0 atom stereocenters. The topological polar surface area (TPSA) is 75.9 Å². The number of hydrogen-bond acceptors (Lipinski definition) is 6. The fourth-order valence-electron chi connectivity index (χ4n) is 3.98. The lowest BCUT2D eigenvalue weighted by Crippen LogP contribution is -2.25. The molecule has 1 fully saturated rings. The van der Waals surface area contributed by atoms with Gasteiger partial charge in [-0.25, -0.2) is 4.98 Å². The summed E-state index contributed by atoms with van der Waals surface area (Å²) in [6.07, 6.45) is 4.29. The number of amides is 1. The van der Waals surface area contributed by atoms with E-state index >= 15 is 0 Å². The van der Waals surface area contributed by atoms with Gasteiger partial charge in [-0.2, -0.15) is 0 Å².